The zero-order chi connectivity index (χ0) is 18.6. The van der Waals surface area contributed by atoms with E-state index < -0.39 is 0 Å². The Morgan fingerprint density at radius 3 is 2.62 bits per heavy atom. The standard InChI is InChI=1S/C20H26N4O2/c1-3-22-20(23-12-13-26-18-10-5-4-6-11-18)24-15-16-8-7-9-17(14-16)19(25)21-2/h4-11,14H,3,12-13,15H2,1-2H3,(H,21,25)(H2,22,23,24). The first-order chi connectivity index (χ1) is 12.7. The highest BCUT2D eigenvalue weighted by atomic mass is 16.5. The van der Waals surface area contributed by atoms with Crippen LogP contribution >= 0.6 is 0 Å². The number of amides is 1. The van der Waals surface area contributed by atoms with E-state index in [9.17, 15) is 4.79 Å². The molecule has 6 heteroatoms. The fraction of sp³-hybridized carbons (Fsp3) is 0.300. The van der Waals surface area contributed by atoms with Crippen molar-refractivity contribution in [1.29, 1.82) is 0 Å². The average molecular weight is 354 g/mol. The fourth-order valence-electron chi connectivity index (χ4n) is 2.32. The van der Waals surface area contributed by atoms with Crippen LogP contribution in [0.4, 0.5) is 0 Å². The molecule has 0 unspecified atom stereocenters. The first kappa shape index (κ1) is 19.3. The molecular weight excluding hydrogens is 328 g/mol. The molecule has 1 amide bonds. The summed E-state index contributed by atoms with van der Waals surface area (Å²) in [6.45, 7) is 4.45. The lowest BCUT2D eigenvalue weighted by atomic mass is 10.1. The molecule has 0 heterocycles. The van der Waals surface area contributed by atoms with Crippen LogP contribution in [0.5, 0.6) is 5.75 Å². The molecule has 26 heavy (non-hydrogen) atoms. The Balaban J connectivity index is 1.86. The molecule has 2 aromatic rings. The minimum Gasteiger partial charge on any atom is -0.492 e. The molecule has 0 spiro atoms. The van der Waals surface area contributed by atoms with Gasteiger partial charge in [0, 0.05) is 19.2 Å². The summed E-state index contributed by atoms with van der Waals surface area (Å²) in [5, 5.41) is 9.08. The van der Waals surface area contributed by atoms with E-state index in [2.05, 4.69) is 20.9 Å². The molecule has 2 aromatic carbocycles. The Kier molecular flexibility index (Phi) is 7.99. The number of hydrogen-bond acceptors (Lipinski definition) is 3. The second kappa shape index (κ2) is 10.8. The largest absolute Gasteiger partial charge is 0.492 e. The highest BCUT2D eigenvalue weighted by molar-refractivity contribution is 5.94. The van der Waals surface area contributed by atoms with Crippen molar-refractivity contribution < 1.29 is 9.53 Å². The predicted octanol–water partition coefficient (Wildman–Crippen LogP) is 2.18. The van der Waals surface area contributed by atoms with Crippen LogP contribution in [0.3, 0.4) is 0 Å². The van der Waals surface area contributed by atoms with Crippen molar-refractivity contribution in [2.45, 2.75) is 13.5 Å². The van der Waals surface area contributed by atoms with Gasteiger partial charge in [-0.1, -0.05) is 30.3 Å². The van der Waals surface area contributed by atoms with Crippen LogP contribution < -0.4 is 20.7 Å². The van der Waals surface area contributed by atoms with Gasteiger partial charge in [0.15, 0.2) is 5.96 Å². The molecule has 0 atom stereocenters. The minimum atomic E-state index is -0.0982. The summed E-state index contributed by atoms with van der Waals surface area (Å²) in [6.07, 6.45) is 0. The number of ether oxygens (including phenoxy) is 1. The third kappa shape index (κ3) is 6.47. The number of guanidine groups is 1. The summed E-state index contributed by atoms with van der Waals surface area (Å²) in [4.78, 5) is 16.3. The summed E-state index contributed by atoms with van der Waals surface area (Å²) in [7, 11) is 1.62. The molecule has 2 rings (SSSR count). The zero-order valence-electron chi connectivity index (χ0n) is 15.3. The summed E-state index contributed by atoms with van der Waals surface area (Å²) >= 11 is 0. The summed E-state index contributed by atoms with van der Waals surface area (Å²) in [6, 6.07) is 17.2. The second-order valence-electron chi connectivity index (χ2n) is 5.56. The van der Waals surface area contributed by atoms with Gasteiger partial charge < -0.3 is 20.7 Å². The maximum atomic E-state index is 11.7. The van der Waals surface area contributed by atoms with Gasteiger partial charge in [0.1, 0.15) is 12.4 Å². The second-order valence-corrected chi connectivity index (χ2v) is 5.56. The van der Waals surface area contributed by atoms with Gasteiger partial charge in [-0.05, 0) is 36.8 Å². The van der Waals surface area contributed by atoms with Crippen molar-refractivity contribution in [2.75, 3.05) is 26.7 Å². The number of hydrogen-bond donors (Lipinski definition) is 3. The SMILES string of the molecule is CCNC(=NCc1cccc(C(=O)NC)c1)NCCOc1ccccc1. The zero-order valence-corrected chi connectivity index (χ0v) is 15.3. The highest BCUT2D eigenvalue weighted by Gasteiger charge is 2.04. The summed E-state index contributed by atoms with van der Waals surface area (Å²) in [5.74, 6) is 1.47. The van der Waals surface area contributed by atoms with Crippen LogP contribution in [0, 0.1) is 0 Å². The first-order valence-electron chi connectivity index (χ1n) is 8.74. The Morgan fingerprint density at radius 1 is 1.08 bits per heavy atom. The van der Waals surface area contributed by atoms with E-state index in [1.165, 1.54) is 0 Å². The number of carbonyl (C=O) groups excluding carboxylic acids is 1. The quantitative estimate of drug-likeness (QED) is 0.386. The third-order valence-corrected chi connectivity index (χ3v) is 3.59. The van der Waals surface area contributed by atoms with Crippen LogP contribution in [0.2, 0.25) is 0 Å². The van der Waals surface area contributed by atoms with Crippen LogP contribution in [-0.2, 0) is 6.54 Å². The number of benzene rings is 2. The number of aliphatic imine (C=N–C) groups is 1. The fourth-order valence-corrected chi connectivity index (χ4v) is 2.32. The van der Waals surface area contributed by atoms with Crippen molar-refractivity contribution in [3.63, 3.8) is 0 Å². The summed E-state index contributed by atoms with van der Waals surface area (Å²) in [5.41, 5.74) is 1.61. The molecule has 0 aliphatic carbocycles. The number of nitrogens with zero attached hydrogens (tertiary/aromatic N) is 1. The van der Waals surface area contributed by atoms with Crippen molar-refractivity contribution in [2.24, 2.45) is 4.99 Å². The van der Waals surface area contributed by atoms with Crippen molar-refractivity contribution in [3.05, 3.63) is 65.7 Å². The van der Waals surface area contributed by atoms with Gasteiger partial charge in [-0.15, -0.1) is 0 Å². The maximum Gasteiger partial charge on any atom is 0.251 e. The van der Waals surface area contributed by atoms with Crippen molar-refractivity contribution >= 4 is 11.9 Å². The van der Waals surface area contributed by atoms with E-state index in [-0.39, 0.29) is 5.91 Å². The van der Waals surface area contributed by atoms with E-state index in [1.807, 2.05) is 55.5 Å². The first-order valence-corrected chi connectivity index (χ1v) is 8.74. The molecule has 0 aromatic heterocycles. The van der Waals surface area contributed by atoms with Crippen LogP contribution in [-0.4, -0.2) is 38.6 Å². The van der Waals surface area contributed by atoms with E-state index in [4.69, 9.17) is 4.74 Å². The molecule has 0 saturated carbocycles. The van der Waals surface area contributed by atoms with Gasteiger partial charge >= 0.3 is 0 Å². The Morgan fingerprint density at radius 2 is 1.88 bits per heavy atom. The molecule has 0 aliphatic heterocycles. The van der Waals surface area contributed by atoms with E-state index in [0.29, 0.717) is 25.3 Å². The highest BCUT2D eigenvalue weighted by Crippen LogP contribution is 2.08. The lowest BCUT2D eigenvalue weighted by Gasteiger charge is -2.12. The molecule has 3 N–H and O–H groups in total. The topological polar surface area (TPSA) is 74.8 Å². The lowest BCUT2D eigenvalue weighted by Crippen LogP contribution is -2.39. The molecule has 6 nitrogen and oxygen atoms in total. The molecule has 0 radical (unpaired) electrons. The number of nitrogens with one attached hydrogen (secondary N) is 3. The molecule has 138 valence electrons. The van der Waals surface area contributed by atoms with E-state index in [0.717, 1.165) is 23.8 Å². The van der Waals surface area contributed by atoms with Gasteiger partial charge in [-0.25, -0.2) is 4.99 Å². The molecule has 0 aliphatic rings. The Bertz CT molecular complexity index is 717. The smallest absolute Gasteiger partial charge is 0.251 e. The van der Waals surface area contributed by atoms with E-state index in [1.54, 1.807) is 13.1 Å². The summed E-state index contributed by atoms with van der Waals surface area (Å²) < 4.78 is 5.66. The number of para-hydroxylation sites is 1. The van der Waals surface area contributed by atoms with Crippen LogP contribution in [0.15, 0.2) is 59.6 Å². The molecule has 0 bridgehead atoms. The van der Waals surface area contributed by atoms with Gasteiger partial charge in [-0.3, -0.25) is 4.79 Å². The third-order valence-electron chi connectivity index (χ3n) is 3.59. The monoisotopic (exact) mass is 354 g/mol. The average Bonchev–Trinajstić information content (AvgIpc) is 2.69. The maximum absolute atomic E-state index is 11.7. The van der Waals surface area contributed by atoms with Crippen LogP contribution in [0.25, 0.3) is 0 Å². The van der Waals surface area contributed by atoms with Crippen molar-refractivity contribution in [3.8, 4) is 5.75 Å². The minimum absolute atomic E-state index is 0.0982. The molecule has 0 saturated heterocycles. The Hall–Kier alpha value is -3.02. The molecular formula is C20H26N4O2. The van der Waals surface area contributed by atoms with Crippen molar-refractivity contribution in [1.82, 2.24) is 16.0 Å². The van der Waals surface area contributed by atoms with Gasteiger partial charge in [0.25, 0.3) is 5.91 Å². The normalized spacial score (nSPS) is 10.9. The lowest BCUT2D eigenvalue weighted by molar-refractivity contribution is 0.0963. The number of rotatable bonds is 8. The predicted molar refractivity (Wildman–Crippen MR) is 105 cm³/mol. The Labute approximate surface area is 154 Å². The van der Waals surface area contributed by atoms with Gasteiger partial charge in [0.05, 0.1) is 13.1 Å². The molecule has 0 fully saturated rings. The van der Waals surface area contributed by atoms with Gasteiger partial charge in [0.2, 0.25) is 0 Å². The van der Waals surface area contributed by atoms with Crippen LogP contribution in [0.1, 0.15) is 22.8 Å². The van der Waals surface area contributed by atoms with Gasteiger partial charge in [-0.2, -0.15) is 0 Å². The number of carbonyl (C=O) groups is 1. The van der Waals surface area contributed by atoms with E-state index >= 15 is 0 Å².